The molecule has 1 aliphatic rings. The Morgan fingerprint density at radius 1 is 1.23 bits per heavy atom. The number of ether oxygens (including phenoxy) is 1. The number of anilines is 1. The molecule has 0 unspecified atom stereocenters. The van der Waals surface area contributed by atoms with Gasteiger partial charge in [-0.2, -0.15) is 4.52 Å². The number of aromatic nitrogens is 7. The summed E-state index contributed by atoms with van der Waals surface area (Å²) in [6, 6.07) is 3.95. The van der Waals surface area contributed by atoms with Crippen LogP contribution in [0.15, 0.2) is 41.4 Å². The molecule has 1 fully saturated rings. The molecule has 2 N–H and O–H groups in total. The first-order valence-corrected chi connectivity index (χ1v) is 10.1. The number of oxazole rings is 1. The lowest BCUT2D eigenvalue weighted by atomic mass is 10.0. The smallest absolute Gasteiger partial charge is 0.245 e. The van der Waals surface area contributed by atoms with Crippen molar-refractivity contribution < 1.29 is 9.15 Å². The van der Waals surface area contributed by atoms with Gasteiger partial charge >= 0.3 is 0 Å². The number of nitrogen functional groups attached to an aromatic ring is 1. The second-order valence-electron chi connectivity index (χ2n) is 7.77. The van der Waals surface area contributed by atoms with Gasteiger partial charge in [0.2, 0.25) is 11.8 Å². The minimum atomic E-state index is 0.230. The maximum absolute atomic E-state index is 6.27. The highest BCUT2D eigenvalue weighted by Crippen LogP contribution is 2.34. The van der Waals surface area contributed by atoms with Crippen molar-refractivity contribution in [2.45, 2.75) is 19.8 Å². The van der Waals surface area contributed by atoms with Crippen LogP contribution in [0.3, 0.4) is 0 Å². The van der Waals surface area contributed by atoms with Gasteiger partial charge in [0.05, 0.1) is 11.8 Å². The van der Waals surface area contributed by atoms with Crippen LogP contribution in [0.1, 0.15) is 17.9 Å². The standard InChI is InChI=1S/C21H20N8O2/c1-12-9-24-16-3-2-14(10-28(12)16)17-18(20-23-5-7-31-20)26-21(22)29-19(17)25-15(27-29)8-13-4-6-30-11-13/h2-3,5,7,9-10,13H,4,6,8,11H2,1H3,(H2,22,26)/t13-/m0/s1. The molecule has 0 amide bonds. The van der Waals surface area contributed by atoms with Gasteiger partial charge in [-0.15, -0.1) is 5.10 Å². The summed E-state index contributed by atoms with van der Waals surface area (Å²) in [6.07, 6.45) is 8.68. The van der Waals surface area contributed by atoms with Gasteiger partial charge in [-0.25, -0.2) is 19.9 Å². The van der Waals surface area contributed by atoms with E-state index in [1.165, 1.54) is 6.26 Å². The molecule has 0 aromatic carbocycles. The van der Waals surface area contributed by atoms with Gasteiger partial charge in [0, 0.05) is 43.3 Å². The number of imidazole rings is 1. The minimum absolute atomic E-state index is 0.230. The predicted octanol–water partition coefficient (Wildman–Crippen LogP) is 2.56. The molecule has 5 aromatic heterocycles. The fourth-order valence-corrected chi connectivity index (χ4v) is 4.10. The molecular weight excluding hydrogens is 396 g/mol. The molecule has 0 saturated carbocycles. The van der Waals surface area contributed by atoms with Crippen molar-refractivity contribution >= 4 is 17.2 Å². The topological polar surface area (TPSA) is 122 Å². The highest BCUT2D eigenvalue weighted by Gasteiger charge is 2.24. The fraction of sp³-hybridized carbons (Fsp3) is 0.286. The molecule has 1 saturated heterocycles. The second kappa shape index (κ2) is 6.88. The van der Waals surface area contributed by atoms with E-state index < -0.39 is 0 Å². The van der Waals surface area contributed by atoms with Crippen LogP contribution < -0.4 is 5.73 Å². The largest absolute Gasteiger partial charge is 0.443 e. The normalized spacial score (nSPS) is 16.6. The molecule has 0 radical (unpaired) electrons. The van der Waals surface area contributed by atoms with Crippen LogP contribution in [0, 0.1) is 12.8 Å². The molecule has 5 aromatic rings. The van der Waals surface area contributed by atoms with Crippen LogP contribution >= 0.6 is 0 Å². The Kier molecular flexibility index (Phi) is 4.00. The van der Waals surface area contributed by atoms with Gasteiger partial charge in [-0.05, 0) is 31.4 Å². The van der Waals surface area contributed by atoms with E-state index in [1.54, 1.807) is 10.7 Å². The maximum Gasteiger partial charge on any atom is 0.245 e. The SMILES string of the molecule is Cc1cnc2ccc(-c3c(-c4ncco4)nc(N)n4nc(C[C@@H]5CCOC5)nc34)cn12. The zero-order valence-corrected chi connectivity index (χ0v) is 16.9. The van der Waals surface area contributed by atoms with E-state index in [4.69, 9.17) is 19.9 Å². The Hall–Kier alpha value is -3.79. The zero-order chi connectivity index (χ0) is 20.9. The van der Waals surface area contributed by atoms with Crippen molar-refractivity contribution in [2.24, 2.45) is 5.92 Å². The molecule has 31 heavy (non-hydrogen) atoms. The van der Waals surface area contributed by atoms with E-state index in [0.717, 1.165) is 54.3 Å². The summed E-state index contributed by atoms with van der Waals surface area (Å²) in [4.78, 5) is 18.2. The van der Waals surface area contributed by atoms with Crippen LogP contribution in [-0.4, -0.2) is 47.2 Å². The third-order valence-corrected chi connectivity index (χ3v) is 5.66. The number of nitrogens with zero attached hydrogens (tertiary/aromatic N) is 7. The van der Waals surface area contributed by atoms with Gasteiger partial charge in [-0.1, -0.05) is 0 Å². The first-order chi connectivity index (χ1) is 15.2. The first kappa shape index (κ1) is 18.0. The van der Waals surface area contributed by atoms with Gasteiger partial charge < -0.3 is 19.3 Å². The Morgan fingerprint density at radius 3 is 2.97 bits per heavy atom. The maximum atomic E-state index is 6.27. The van der Waals surface area contributed by atoms with E-state index in [9.17, 15) is 0 Å². The van der Waals surface area contributed by atoms with Crippen LogP contribution in [0.2, 0.25) is 0 Å². The molecule has 10 nitrogen and oxygen atoms in total. The lowest BCUT2D eigenvalue weighted by Gasteiger charge is -2.10. The van der Waals surface area contributed by atoms with Crippen molar-refractivity contribution in [3.8, 4) is 22.7 Å². The minimum Gasteiger partial charge on any atom is -0.443 e. The molecule has 6 heterocycles. The Labute approximate surface area is 176 Å². The van der Waals surface area contributed by atoms with Crippen molar-refractivity contribution in [1.29, 1.82) is 0 Å². The Morgan fingerprint density at radius 2 is 2.16 bits per heavy atom. The van der Waals surface area contributed by atoms with Crippen molar-refractivity contribution in [3.05, 3.63) is 48.5 Å². The van der Waals surface area contributed by atoms with Crippen LogP contribution in [0.4, 0.5) is 5.95 Å². The molecule has 156 valence electrons. The lowest BCUT2D eigenvalue weighted by Crippen LogP contribution is -2.07. The van der Waals surface area contributed by atoms with Crippen LogP contribution in [-0.2, 0) is 11.2 Å². The number of hydrogen-bond donors (Lipinski definition) is 1. The van der Waals surface area contributed by atoms with E-state index in [1.807, 2.05) is 35.9 Å². The van der Waals surface area contributed by atoms with Gasteiger partial charge in [0.15, 0.2) is 11.5 Å². The zero-order valence-electron chi connectivity index (χ0n) is 16.9. The average Bonchev–Trinajstić information content (AvgIpc) is 3.56. The summed E-state index contributed by atoms with van der Waals surface area (Å²) >= 11 is 0. The predicted molar refractivity (Wildman–Crippen MR) is 112 cm³/mol. The molecule has 1 atom stereocenters. The Balaban J connectivity index is 1.60. The van der Waals surface area contributed by atoms with Gasteiger partial charge in [0.1, 0.15) is 17.6 Å². The summed E-state index contributed by atoms with van der Waals surface area (Å²) < 4.78 is 14.7. The van der Waals surface area contributed by atoms with Crippen LogP contribution in [0.25, 0.3) is 34.0 Å². The van der Waals surface area contributed by atoms with Crippen LogP contribution in [0.5, 0.6) is 0 Å². The van der Waals surface area contributed by atoms with E-state index in [2.05, 4.69) is 20.1 Å². The number of pyridine rings is 1. The van der Waals surface area contributed by atoms with E-state index in [0.29, 0.717) is 23.1 Å². The lowest BCUT2D eigenvalue weighted by molar-refractivity contribution is 0.185. The number of aryl methyl sites for hydroxylation is 1. The number of fused-ring (bicyclic) bond motifs is 2. The molecule has 0 aliphatic carbocycles. The molecule has 0 spiro atoms. The van der Waals surface area contributed by atoms with E-state index >= 15 is 0 Å². The number of nitrogens with two attached hydrogens (primary N) is 1. The van der Waals surface area contributed by atoms with Gasteiger partial charge in [-0.3, -0.25) is 0 Å². The van der Waals surface area contributed by atoms with Gasteiger partial charge in [0.25, 0.3) is 0 Å². The number of rotatable bonds is 4. The average molecular weight is 416 g/mol. The molecular formula is C21H20N8O2. The summed E-state index contributed by atoms with van der Waals surface area (Å²) in [5.74, 6) is 1.73. The summed E-state index contributed by atoms with van der Waals surface area (Å²) in [6.45, 7) is 3.52. The molecule has 1 aliphatic heterocycles. The van der Waals surface area contributed by atoms with Crippen molar-refractivity contribution in [3.63, 3.8) is 0 Å². The highest BCUT2D eigenvalue weighted by atomic mass is 16.5. The summed E-state index contributed by atoms with van der Waals surface area (Å²) in [5.41, 5.74) is 10.9. The van der Waals surface area contributed by atoms with E-state index in [-0.39, 0.29) is 5.95 Å². The summed E-state index contributed by atoms with van der Waals surface area (Å²) in [5, 5.41) is 4.65. The third-order valence-electron chi connectivity index (χ3n) is 5.66. The highest BCUT2D eigenvalue weighted by molar-refractivity contribution is 5.88. The third kappa shape index (κ3) is 2.95. The molecule has 0 bridgehead atoms. The van der Waals surface area contributed by atoms with Crippen molar-refractivity contribution in [1.82, 2.24) is 34.0 Å². The molecule has 10 heteroatoms. The fourth-order valence-electron chi connectivity index (χ4n) is 4.10. The monoisotopic (exact) mass is 416 g/mol. The first-order valence-electron chi connectivity index (χ1n) is 10.1. The Bertz CT molecular complexity index is 1400. The van der Waals surface area contributed by atoms with Crippen molar-refractivity contribution in [2.75, 3.05) is 18.9 Å². The molecule has 6 rings (SSSR count). The second-order valence-corrected chi connectivity index (χ2v) is 7.77. The number of hydrogen-bond acceptors (Lipinski definition) is 8. The summed E-state index contributed by atoms with van der Waals surface area (Å²) in [7, 11) is 0. The quantitative estimate of drug-likeness (QED) is 0.474.